The van der Waals surface area contributed by atoms with E-state index in [4.69, 9.17) is 38.0 Å². The van der Waals surface area contributed by atoms with E-state index in [1.807, 2.05) is 66.7 Å². The van der Waals surface area contributed by atoms with Crippen LogP contribution in [0.2, 0.25) is 5.02 Å². The van der Waals surface area contributed by atoms with Crippen molar-refractivity contribution in [2.75, 3.05) is 19.6 Å². The Balaban J connectivity index is 1.59. The zero-order valence-corrected chi connectivity index (χ0v) is 19.7. The van der Waals surface area contributed by atoms with Gasteiger partial charge in [-0.3, -0.25) is 0 Å². The highest BCUT2D eigenvalue weighted by molar-refractivity contribution is 7.71. The molecule has 33 heavy (non-hydrogen) atoms. The predicted octanol–water partition coefficient (Wildman–Crippen LogP) is 5.60. The number of aromatic amines is 1. The Morgan fingerprint density at radius 3 is 2.45 bits per heavy atom. The van der Waals surface area contributed by atoms with Gasteiger partial charge in [0.15, 0.2) is 17.3 Å². The first-order chi connectivity index (χ1) is 16.1. The Bertz CT molecular complexity index is 1290. The first-order valence-electron chi connectivity index (χ1n) is 10.2. The van der Waals surface area contributed by atoms with Gasteiger partial charge in [0.1, 0.15) is 12.4 Å². The van der Waals surface area contributed by atoms with Crippen LogP contribution >= 0.6 is 23.8 Å². The van der Waals surface area contributed by atoms with Crippen molar-refractivity contribution in [2.24, 2.45) is 0 Å². The highest BCUT2D eigenvalue weighted by atomic mass is 35.5. The fraction of sp³-hybridized carbons (Fsp3) is 0.167. The molecule has 7 nitrogen and oxygen atoms in total. The summed E-state index contributed by atoms with van der Waals surface area (Å²) in [4.78, 5) is 0. The molecule has 0 saturated heterocycles. The molecule has 0 fully saturated rings. The molecule has 1 heterocycles. The molecule has 0 aliphatic heterocycles. The molecule has 0 radical (unpaired) electrons. The lowest BCUT2D eigenvalue weighted by Crippen LogP contribution is -2.17. The molecule has 0 atom stereocenters. The molecule has 4 rings (SSSR count). The Morgan fingerprint density at radius 2 is 1.70 bits per heavy atom. The number of benzene rings is 3. The van der Waals surface area contributed by atoms with Crippen molar-refractivity contribution >= 4 is 23.8 Å². The minimum Gasteiger partial charge on any atom is -0.496 e. The summed E-state index contributed by atoms with van der Waals surface area (Å²) in [6, 6.07) is 20.9. The molecule has 0 spiro atoms. The van der Waals surface area contributed by atoms with Crippen LogP contribution in [0.1, 0.15) is 11.1 Å². The minimum atomic E-state index is 0.377. The minimum absolute atomic E-state index is 0.377. The van der Waals surface area contributed by atoms with Crippen LogP contribution in [0.5, 0.6) is 17.2 Å². The van der Waals surface area contributed by atoms with E-state index in [0.29, 0.717) is 46.0 Å². The first-order valence-corrected chi connectivity index (χ1v) is 11.0. The summed E-state index contributed by atoms with van der Waals surface area (Å²) < 4.78 is 19.3. The van der Waals surface area contributed by atoms with Crippen LogP contribution in [0.3, 0.4) is 0 Å². The lowest BCUT2D eigenvalue weighted by atomic mass is 10.1. The van der Waals surface area contributed by atoms with Crippen LogP contribution in [0, 0.1) is 4.77 Å². The molecule has 3 aromatic carbocycles. The van der Waals surface area contributed by atoms with Gasteiger partial charge in [0.2, 0.25) is 4.77 Å². The highest BCUT2D eigenvalue weighted by Gasteiger charge is 2.15. The number of ether oxygens (including phenoxy) is 3. The van der Waals surface area contributed by atoms with Gasteiger partial charge in [0.05, 0.1) is 26.3 Å². The standard InChI is InChI=1S/C24H23ClN4O3S/c1-30-20-8-4-3-7-19(20)23-27-28-24(33)29(23)26-14-17-6-5-9-21(31-2)22(17)32-15-16-10-12-18(25)13-11-16/h3-13,26H,14-15H2,1-2H3,(H,28,33). The van der Waals surface area contributed by atoms with Crippen molar-refractivity contribution in [3.05, 3.63) is 87.7 Å². The number of nitrogens with zero attached hydrogens (tertiary/aromatic N) is 2. The van der Waals surface area contributed by atoms with E-state index < -0.39 is 0 Å². The Kier molecular flexibility index (Phi) is 7.16. The number of methoxy groups -OCH3 is 2. The van der Waals surface area contributed by atoms with Gasteiger partial charge < -0.3 is 19.6 Å². The topological polar surface area (TPSA) is 73.3 Å². The number of halogens is 1. The second-order valence-corrected chi connectivity index (χ2v) is 7.91. The highest BCUT2D eigenvalue weighted by Crippen LogP contribution is 2.33. The predicted molar refractivity (Wildman–Crippen MR) is 131 cm³/mol. The smallest absolute Gasteiger partial charge is 0.214 e. The fourth-order valence-corrected chi connectivity index (χ4v) is 3.70. The van der Waals surface area contributed by atoms with E-state index in [-0.39, 0.29) is 0 Å². The summed E-state index contributed by atoms with van der Waals surface area (Å²) in [5.74, 6) is 2.60. The lowest BCUT2D eigenvalue weighted by Gasteiger charge is -2.17. The van der Waals surface area contributed by atoms with Gasteiger partial charge in [-0.05, 0) is 48.1 Å². The van der Waals surface area contributed by atoms with Gasteiger partial charge in [0, 0.05) is 10.6 Å². The summed E-state index contributed by atoms with van der Waals surface area (Å²) in [7, 11) is 3.24. The van der Waals surface area contributed by atoms with E-state index in [9.17, 15) is 0 Å². The second-order valence-electron chi connectivity index (χ2n) is 7.09. The third-order valence-corrected chi connectivity index (χ3v) is 5.55. The molecular formula is C24H23ClN4O3S. The summed E-state index contributed by atoms with van der Waals surface area (Å²) in [5.41, 5.74) is 6.05. The van der Waals surface area contributed by atoms with Crippen molar-refractivity contribution in [3.8, 4) is 28.6 Å². The van der Waals surface area contributed by atoms with Gasteiger partial charge in [-0.15, -0.1) is 0 Å². The molecule has 4 aromatic rings. The van der Waals surface area contributed by atoms with Crippen LogP contribution in [-0.4, -0.2) is 29.1 Å². The van der Waals surface area contributed by atoms with Crippen molar-refractivity contribution < 1.29 is 14.2 Å². The Hall–Kier alpha value is -3.49. The quantitative estimate of drug-likeness (QED) is 0.302. The number of H-pyrrole nitrogens is 1. The molecule has 1 aromatic heterocycles. The molecular weight excluding hydrogens is 460 g/mol. The number of rotatable bonds is 9. The van der Waals surface area contributed by atoms with Gasteiger partial charge in [-0.25, -0.2) is 9.77 Å². The maximum atomic E-state index is 6.15. The summed E-state index contributed by atoms with van der Waals surface area (Å²) in [6.45, 7) is 0.797. The van der Waals surface area contributed by atoms with Crippen molar-refractivity contribution in [3.63, 3.8) is 0 Å². The van der Waals surface area contributed by atoms with E-state index >= 15 is 0 Å². The maximum Gasteiger partial charge on any atom is 0.214 e. The number of para-hydroxylation sites is 2. The molecule has 0 saturated carbocycles. The average Bonchev–Trinajstić information content (AvgIpc) is 3.22. The van der Waals surface area contributed by atoms with Crippen LogP contribution < -0.4 is 19.6 Å². The normalized spacial score (nSPS) is 10.6. The molecule has 0 aliphatic rings. The molecule has 0 bridgehead atoms. The zero-order valence-electron chi connectivity index (χ0n) is 18.2. The van der Waals surface area contributed by atoms with E-state index in [1.54, 1.807) is 18.9 Å². The van der Waals surface area contributed by atoms with Crippen LogP contribution in [0.4, 0.5) is 0 Å². The van der Waals surface area contributed by atoms with E-state index in [1.165, 1.54) is 0 Å². The van der Waals surface area contributed by atoms with E-state index in [2.05, 4.69) is 15.6 Å². The average molecular weight is 483 g/mol. The molecule has 170 valence electrons. The van der Waals surface area contributed by atoms with Crippen LogP contribution in [0.15, 0.2) is 66.7 Å². The molecule has 0 aliphatic carbocycles. The van der Waals surface area contributed by atoms with Gasteiger partial charge >= 0.3 is 0 Å². The van der Waals surface area contributed by atoms with Crippen molar-refractivity contribution in [2.45, 2.75) is 13.2 Å². The lowest BCUT2D eigenvalue weighted by molar-refractivity contribution is 0.281. The van der Waals surface area contributed by atoms with Gasteiger partial charge in [0.25, 0.3) is 0 Å². The van der Waals surface area contributed by atoms with Crippen LogP contribution in [-0.2, 0) is 13.2 Å². The van der Waals surface area contributed by atoms with E-state index in [0.717, 1.165) is 16.7 Å². The third kappa shape index (κ3) is 5.13. The number of aromatic nitrogens is 3. The third-order valence-electron chi connectivity index (χ3n) is 5.02. The number of nitrogens with one attached hydrogen (secondary N) is 2. The number of hydrogen-bond donors (Lipinski definition) is 2. The SMILES string of the molecule is COc1ccccc1-c1n[nH]c(=S)n1NCc1cccc(OC)c1OCc1ccc(Cl)cc1. The first kappa shape index (κ1) is 22.7. The number of hydrogen-bond acceptors (Lipinski definition) is 6. The molecule has 0 amide bonds. The summed E-state index contributed by atoms with van der Waals surface area (Å²) in [5, 5.41) is 7.91. The van der Waals surface area contributed by atoms with Crippen molar-refractivity contribution in [1.29, 1.82) is 0 Å². The molecule has 0 unspecified atom stereocenters. The zero-order chi connectivity index (χ0) is 23.2. The largest absolute Gasteiger partial charge is 0.496 e. The fourth-order valence-electron chi connectivity index (χ4n) is 3.38. The Labute approximate surface area is 201 Å². The molecule has 2 N–H and O–H groups in total. The van der Waals surface area contributed by atoms with Gasteiger partial charge in [-0.1, -0.05) is 48.0 Å². The summed E-state index contributed by atoms with van der Waals surface area (Å²) in [6.07, 6.45) is 0. The van der Waals surface area contributed by atoms with Gasteiger partial charge in [-0.2, -0.15) is 5.10 Å². The monoisotopic (exact) mass is 482 g/mol. The van der Waals surface area contributed by atoms with Crippen molar-refractivity contribution in [1.82, 2.24) is 14.9 Å². The second kappa shape index (κ2) is 10.4. The summed E-state index contributed by atoms with van der Waals surface area (Å²) >= 11 is 11.4. The molecule has 9 heteroatoms. The Morgan fingerprint density at radius 1 is 0.970 bits per heavy atom. The maximum absolute atomic E-state index is 6.15. The van der Waals surface area contributed by atoms with Crippen LogP contribution in [0.25, 0.3) is 11.4 Å².